The average Bonchev–Trinajstić information content (AvgIpc) is 2.65. The molecular formula is C22H28N2O2. The molecule has 0 unspecified atom stereocenters. The molecule has 2 atom stereocenters. The van der Waals surface area contributed by atoms with Gasteiger partial charge in [-0.05, 0) is 25.0 Å². The Balaban J connectivity index is 1.59. The molecule has 138 valence electrons. The van der Waals surface area contributed by atoms with E-state index < -0.39 is 6.61 Å². The van der Waals surface area contributed by atoms with Gasteiger partial charge in [0, 0.05) is 43.8 Å². The van der Waals surface area contributed by atoms with E-state index in [9.17, 15) is 4.79 Å². The second-order valence-corrected chi connectivity index (χ2v) is 7.33. The molecule has 0 spiro atoms. The van der Waals surface area contributed by atoms with E-state index in [1.807, 2.05) is 24.3 Å². The minimum absolute atomic E-state index is 0.228. The number of aliphatic hydroxyl groups excluding tert-OH is 1. The summed E-state index contributed by atoms with van der Waals surface area (Å²) in [5.74, 6) is -0.228. The van der Waals surface area contributed by atoms with E-state index >= 15 is 0 Å². The van der Waals surface area contributed by atoms with Gasteiger partial charge in [-0.15, -0.1) is 0 Å². The molecule has 1 aliphatic heterocycles. The lowest BCUT2D eigenvalue weighted by atomic mass is 10.0. The van der Waals surface area contributed by atoms with Gasteiger partial charge in [-0.2, -0.15) is 0 Å². The molecule has 2 aromatic rings. The van der Waals surface area contributed by atoms with Crippen LogP contribution < -0.4 is 0 Å². The van der Waals surface area contributed by atoms with E-state index in [4.69, 9.17) is 5.11 Å². The lowest BCUT2D eigenvalue weighted by molar-refractivity contribution is 0.0290. The van der Waals surface area contributed by atoms with Gasteiger partial charge < -0.3 is 5.11 Å². The Morgan fingerprint density at radius 3 is 2.08 bits per heavy atom. The zero-order valence-corrected chi connectivity index (χ0v) is 15.6. The molecule has 0 aromatic heterocycles. The third-order valence-electron chi connectivity index (χ3n) is 5.21. The molecule has 2 aromatic carbocycles. The number of Topliss-reactive ketones (excluding diaryl/α,β-unsaturated/α-hetero) is 1. The van der Waals surface area contributed by atoms with Crippen LogP contribution in [0.2, 0.25) is 0 Å². The van der Waals surface area contributed by atoms with Crippen LogP contribution in [0.25, 0.3) is 0 Å². The van der Waals surface area contributed by atoms with Crippen molar-refractivity contribution in [3.05, 3.63) is 71.3 Å². The van der Waals surface area contributed by atoms with Crippen molar-refractivity contribution in [2.24, 2.45) is 0 Å². The highest BCUT2D eigenvalue weighted by molar-refractivity contribution is 5.96. The van der Waals surface area contributed by atoms with Gasteiger partial charge >= 0.3 is 0 Å². The van der Waals surface area contributed by atoms with Crippen molar-refractivity contribution in [2.75, 3.05) is 19.7 Å². The molecule has 0 radical (unpaired) electrons. The molecule has 1 aliphatic rings. The van der Waals surface area contributed by atoms with Crippen molar-refractivity contribution in [3.63, 3.8) is 0 Å². The van der Waals surface area contributed by atoms with Gasteiger partial charge in [0.15, 0.2) is 5.78 Å². The van der Waals surface area contributed by atoms with Crippen LogP contribution in [-0.4, -0.2) is 52.5 Å². The Morgan fingerprint density at radius 2 is 1.50 bits per heavy atom. The summed E-state index contributed by atoms with van der Waals surface area (Å²) >= 11 is 0. The minimum atomic E-state index is -0.433. The van der Waals surface area contributed by atoms with Crippen molar-refractivity contribution in [1.82, 2.24) is 9.80 Å². The molecule has 1 fully saturated rings. The second kappa shape index (κ2) is 8.58. The quantitative estimate of drug-likeness (QED) is 0.812. The Bertz CT molecular complexity index is 703. The third kappa shape index (κ3) is 4.58. The summed E-state index contributed by atoms with van der Waals surface area (Å²) in [6.07, 6.45) is 0. The molecule has 0 saturated carbocycles. The van der Waals surface area contributed by atoms with E-state index in [0.717, 1.165) is 26.2 Å². The number of piperazine rings is 1. The number of aliphatic hydroxyl groups is 1. The lowest BCUT2D eigenvalue weighted by Crippen LogP contribution is -2.55. The Hall–Kier alpha value is -2.01. The molecule has 0 amide bonds. The molecule has 1 saturated heterocycles. The standard InChI is InChI=1S/C22H28N2O2/c1-17-12-23(14-20-8-10-21(11-9-20)22(26)16-25)13-18(2)24(17)15-19-6-4-3-5-7-19/h3-11,17-18,25H,12-16H2,1-2H3/t17-,18+. The zero-order valence-electron chi connectivity index (χ0n) is 15.6. The van der Waals surface area contributed by atoms with Gasteiger partial charge in [-0.1, -0.05) is 54.6 Å². The van der Waals surface area contributed by atoms with Gasteiger partial charge in [-0.25, -0.2) is 0 Å². The van der Waals surface area contributed by atoms with Crippen LogP contribution in [0, 0.1) is 0 Å². The van der Waals surface area contributed by atoms with Crippen LogP contribution in [0.15, 0.2) is 54.6 Å². The molecule has 0 bridgehead atoms. The zero-order chi connectivity index (χ0) is 18.5. The summed E-state index contributed by atoms with van der Waals surface area (Å²) in [4.78, 5) is 16.6. The normalized spacial score (nSPS) is 21.7. The summed E-state index contributed by atoms with van der Waals surface area (Å²) in [6, 6.07) is 19.3. The van der Waals surface area contributed by atoms with E-state index in [0.29, 0.717) is 17.6 Å². The van der Waals surface area contributed by atoms with Crippen molar-refractivity contribution in [2.45, 2.75) is 39.0 Å². The van der Waals surface area contributed by atoms with Crippen molar-refractivity contribution in [1.29, 1.82) is 0 Å². The number of carbonyl (C=O) groups excluding carboxylic acids is 1. The fraction of sp³-hybridized carbons (Fsp3) is 0.409. The van der Waals surface area contributed by atoms with E-state index in [2.05, 4.69) is 54.0 Å². The first-order valence-electron chi connectivity index (χ1n) is 9.32. The topological polar surface area (TPSA) is 43.8 Å². The van der Waals surface area contributed by atoms with Crippen LogP contribution in [0.3, 0.4) is 0 Å². The summed E-state index contributed by atoms with van der Waals surface area (Å²) < 4.78 is 0. The van der Waals surface area contributed by atoms with Gasteiger partial charge in [0.05, 0.1) is 0 Å². The molecule has 3 rings (SSSR count). The van der Waals surface area contributed by atoms with Crippen LogP contribution in [0.4, 0.5) is 0 Å². The summed E-state index contributed by atoms with van der Waals surface area (Å²) in [7, 11) is 0. The SMILES string of the molecule is C[C@@H]1CN(Cc2ccc(C(=O)CO)cc2)C[C@H](C)N1Cc1ccccc1. The molecule has 4 heteroatoms. The molecule has 1 heterocycles. The first-order valence-corrected chi connectivity index (χ1v) is 9.32. The maximum atomic E-state index is 11.5. The van der Waals surface area contributed by atoms with Crippen molar-refractivity contribution < 1.29 is 9.90 Å². The van der Waals surface area contributed by atoms with Crippen LogP contribution in [0.5, 0.6) is 0 Å². The maximum Gasteiger partial charge on any atom is 0.188 e. The Morgan fingerprint density at radius 1 is 0.923 bits per heavy atom. The third-order valence-corrected chi connectivity index (χ3v) is 5.21. The number of hydrogen-bond donors (Lipinski definition) is 1. The molecule has 1 N–H and O–H groups in total. The fourth-order valence-electron chi connectivity index (χ4n) is 3.85. The number of rotatable bonds is 6. The fourth-order valence-corrected chi connectivity index (χ4v) is 3.85. The Kier molecular flexibility index (Phi) is 6.20. The predicted molar refractivity (Wildman–Crippen MR) is 104 cm³/mol. The molecular weight excluding hydrogens is 324 g/mol. The summed E-state index contributed by atoms with van der Waals surface area (Å²) in [6.45, 7) is 8.13. The lowest BCUT2D eigenvalue weighted by Gasteiger charge is -2.44. The van der Waals surface area contributed by atoms with Crippen LogP contribution in [-0.2, 0) is 13.1 Å². The second-order valence-electron chi connectivity index (χ2n) is 7.33. The summed E-state index contributed by atoms with van der Waals surface area (Å²) in [5.41, 5.74) is 3.14. The minimum Gasteiger partial charge on any atom is -0.388 e. The van der Waals surface area contributed by atoms with E-state index in [-0.39, 0.29) is 5.78 Å². The van der Waals surface area contributed by atoms with Gasteiger partial charge in [-0.3, -0.25) is 14.6 Å². The highest BCUT2D eigenvalue weighted by Gasteiger charge is 2.29. The summed E-state index contributed by atoms with van der Waals surface area (Å²) in [5, 5.41) is 8.95. The van der Waals surface area contributed by atoms with Crippen LogP contribution in [0.1, 0.15) is 35.3 Å². The molecule has 26 heavy (non-hydrogen) atoms. The van der Waals surface area contributed by atoms with Gasteiger partial charge in [0.2, 0.25) is 0 Å². The largest absolute Gasteiger partial charge is 0.388 e. The maximum absolute atomic E-state index is 11.5. The number of carbonyl (C=O) groups is 1. The van der Waals surface area contributed by atoms with Gasteiger partial charge in [0.25, 0.3) is 0 Å². The average molecular weight is 352 g/mol. The van der Waals surface area contributed by atoms with E-state index in [1.165, 1.54) is 11.1 Å². The predicted octanol–water partition coefficient (Wildman–Crippen LogP) is 2.96. The first kappa shape index (κ1) is 18.8. The highest BCUT2D eigenvalue weighted by atomic mass is 16.3. The Labute approximate surface area is 156 Å². The van der Waals surface area contributed by atoms with Crippen molar-refractivity contribution in [3.8, 4) is 0 Å². The first-order chi connectivity index (χ1) is 12.6. The van der Waals surface area contributed by atoms with Gasteiger partial charge in [0.1, 0.15) is 6.61 Å². The smallest absolute Gasteiger partial charge is 0.188 e. The van der Waals surface area contributed by atoms with Crippen molar-refractivity contribution >= 4 is 5.78 Å². The molecule has 4 nitrogen and oxygen atoms in total. The monoisotopic (exact) mass is 352 g/mol. The highest BCUT2D eigenvalue weighted by Crippen LogP contribution is 2.20. The van der Waals surface area contributed by atoms with Crippen LogP contribution >= 0.6 is 0 Å². The number of benzene rings is 2. The van der Waals surface area contributed by atoms with E-state index in [1.54, 1.807) is 0 Å². The number of nitrogens with zero attached hydrogens (tertiary/aromatic N) is 2. The number of hydrogen-bond acceptors (Lipinski definition) is 4. The number of ketones is 1. The molecule has 0 aliphatic carbocycles.